The van der Waals surface area contributed by atoms with E-state index in [1.54, 1.807) is 11.9 Å². The summed E-state index contributed by atoms with van der Waals surface area (Å²) in [5.41, 5.74) is 0.952. The summed E-state index contributed by atoms with van der Waals surface area (Å²) < 4.78 is 5.40. The van der Waals surface area contributed by atoms with Crippen LogP contribution < -0.4 is 10.6 Å². The van der Waals surface area contributed by atoms with Gasteiger partial charge in [0.2, 0.25) is 0 Å². The zero-order chi connectivity index (χ0) is 21.6. The summed E-state index contributed by atoms with van der Waals surface area (Å²) in [6.07, 6.45) is 2.08. The molecule has 0 saturated carbocycles. The molecule has 0 spiro atoms. The predicted octanol–water partition coefficient (Wildman–Crippen LogP) is 2.95. The van der Waals surface area contributed by atoms with Crippen molar-refractivity contribution < 1.29 is 9.53 Å². The van der Waals surface area contributed by atoms with Gasteiger partial charge >= 0.3 is 6.09 Å². The third-order valence-corrected chi connectivity index (χ3v) is 5.59. The Hall–Kier alpha value is -1.55. The number of benzene rings is 1. The Kier molecular flexibility index (Phi) is 9.87. The molecular formula is C23H38IN5O2. The van der Waals surface area contributed by atoms with Gasteiger partial charge in [-0.3, -0.25) is 4.99 Å². The van der Waals surface area contributed by atoms with E-state index < -0.39 is 5.60 Å². The number of likely N-dealkylation sites (tertiary alicyclic amines) is 2. The number of guanidine groups is 1. The van der Waals surface area contributed by atoms with Crippen LogP contribution in [0.15, 0.2) is 35.3 Å². The van der Waals surface area contributed by atoms with E-state index >= 15 is 0 Å². The van der Waals surface area contributed by atoms with Gasteiger partial charge in [-0.05, 0) is 51.6 Å². The topological polar surface area (TPSA) is 69.2 Å². The quantitative estimate of drug-likeness (QED) is 0.328. The van der Waals surface area contributed by atoms with E-state index in [1.807, 2.05) is 20.8 Å². The largest absolute Gasteiger partial charge is 0.444 e. The minimum atomic E-state index is -0.455. The fourth-order valence-corrected chi connectivity index (χ4v) is 3.89. The lowest BCUT2D eigenvalue weighted by Crippen LogP contribution is -2.63. The van der Waals surface area contributed by atoms with Crippen molar-refractivity contribution in [2.24, 2.45) is 10.9 Å². The number of aliphatic imine (C=N–C) groups is 1. The Bertz CT molecular complexity index is 716. The zero-order valence-electron chi connectivity index (χ0n) is 19.3. The van der Waals surface area contributed by atoms with E-state index in [0.717, 1.165) is 32.0 Å². The average Bonchev–Trinajstić information content (AvgIpc) is 3.12. The highest BCUT2D eigenvalue weighted by molar-refractivity contribution is 14.0. The van der Waals surface area contributed by atoms with Gasteiger partial charge in [-0.15, -0.1) is 24.0 Å². The normalized spacial score (nSPS) is 20.1. The van der Waals surface area contributed by atoms with E-state index in [1.165, 1.54) is 18.5 Å². The van der Waals surface area contributed by atoms with Crippen molar-refractivity contribution in [3.63, 3.8) is 0 Å². The Morgan fingerprint density at radius 3 is 2.55 bits per heavy atom. The number of nitrogens with one attached hydrogen (secondary N) is 2. The van der Waals surface area contributed by atoms with Crippen molar-refractivity contribution in [1.82, 2.24) is 20.4 Å². The maximum absolute atomic E-state index is 12.0. The van der Waals surface area contributed by atoms with Gasteiger partial charge in [0.25, 0.3) is 0 Å². The van der Waals surface area contributed by atoms with Crippen LogP contribution in [0, 0.1) is 5.92 Å². The number of nitrogens with zero attached hydrogens (tertiary/aromatic N) is 3. The van der Waals surface area contributed by atoms with Gasteiger partial charge in [0.1, 0.15) is 5.60 Å². The maximum Gasteiger partial charge on any atom is 0.410 e. The Morgan fingerprint density at radius 2 is 1.90 bits per heavy atom. The Morgan fingerprint density at radius 1 is 1.19 bits per heavy atom. The van der Waals surface area contributed by atoms with Crippen LogP contribution in [0.2, 0.25) is 0 Å². The molecule has 0 bridgehead atoms. The minimum absolute atomic E-state index is 0. The number of hydrogen-bond acceptors (Lipinski definition) is 4. The van der Waals surface area contributed by atoms with Crippen LogP contribution in [0.1, 0.15) is 32.8 Å². The number of hydrogen-bond donors (Lipinski definition) is 2. The Labute approximate surface area is 204 Å². The molecule has 2 aliphatic heterocycles. The maximum atomic E-state index is 12.0. The molecule has 31 heavy (non-hydrogen) atoms. The monoisotopic (exact) mass is 543 g/mol. The van der Waals surface area contributed by atoms with E-state index in [4.69, 9.17) is 4.74 Å². The molecule has 2 heterocycles. The molecule has 2 saturated heterocycles. The second-order valence-corrected chi connectivity index (χ2v) is 9.37. The van der Waals surface area contributed by atoms with Crippen molar-refractivity contribution in [2.45, 2.75) is 45.3 Å². The van der Waals surface area contributed by atoms with E-state index in [2.05, 4.69) is 50.9 Å². The third-order valence-electron chi connectivity index (χ3n) is 5.59. The highest BCUT2D eigenvalue weighted by Crippen LogP contribution is 2.17. The number of carbonyl (C=O) groups excluding carboxylic acids is 1. The minimum Gasteiger partial charge on any atom is -0.444 e. The molecule has 0 aromatic heterocycles. The molecule has 2 N–H and O–H groups in total. The fourth-order valence-electron chi connectivity index (χ4n) is 3.89. The van der Waals surface area contributed by atoms with Gasteiger partial charge in [0.05, 0.1) is 6.04 Å². The fraction of sp³-hybridized carbons (Fsp3) is 0.652. The number of halogens is 1. The first-order valence-electron chi connectivity index (χ1n) is 11.0. The smallest absolute Gasteiger partial charge is 0.410 e. The lowest BCUT2D eigenvalue weighted by molar-refractivity contribution is 0.00701. The van der Waals surface area contributed by atoms with Crippen LogP contribution >= 0.6 is 24.0 Å². The number of rotatable bonds is 6. The standard InChI is InChI=1S/C23H37N5O2.HI/c1-23(2,3)30-22(29)28-16-20(17-28)26-21(24-4)25-14-19-11-13-27(15-19)12-10-18-8-6-5-7-9-18;/h5-9,19-20H,10-17H2,1-4H3,(H2,24,25,26);1H. The molecule has 1 unspecified atom stereocenters. The third kappa shape index (κ3) is 8.48. The first-order valence-corrected chi connectivity index (χ1v) is 11.0. The molecule has 8 heteroatoms. The van der Waals surface area contributed by atoms with Crippen LogP contribution in [0.4, 0.5) is 4.79 Å². The second kappa shape index (κ2) is 11.9. The molecular weight excluding hydrogens is 505 g/mol. The van der Waals surface area contributed by atoms with Crippen molar-refractivity contribution in [2.75, 3.05) is 46.3 Å². The Balaban J connectivity index is 0.00000341. The molecule has 1 aromatic rings. The summed E-state index contributed by atoms with van der Waals surface area (Å²) in [4.78, 5) is 20.7. The van der Waals surface area contributed by atoms with Crippen molar-refractivity contribution >= 4 is 36.0 Å². The van der Waals surface area contributed by atoms with E-state index in [0.29, 0.717) is 19.0 Å². The first-order chi connectivity index (χ1) is 14.3. The zero-order valence-corrected chi connectivity index (χ0v) is 21.6. The van der Waals surface area contributed by atoms with Gasteiger partial charge < -0.3 is 25.2 Å². The summed E-state index contributed by atoms with van der Waals surface area (Å²) in [5, 5.41) is 6.87. The van der Waals surface area contributed by atoms with Gasteiger partial charge in [-0.1, -0.05) is 30.3 Å². The summed E-state index contributed by atoms with van der Waals surface area (Å²) >= 11 is 0. The number of carbonyl (C=O) groups is 1. The van der Waals surface area contributed by atoms with Crippen LogP contribution in [-0.2, 0) is 11.2 Å². The predicted molar refractivity (Wildman–Crippen MR) is 136 cm³/mol. The molecule has 174 valence electrons. The van der Waals surface area contributed by atoms with Crippen LogP contribution in [0.5, 0.6) is 0 Å². The molecule has 0 radical (unpaired) electrons. The molecule has 2 fully saturated rings. The summed E-state index contributed by atoms with van der Waals surface area (Å²) in [6, 6.07) is 10.9. The van der Waals surface area contributed by atoms with Gasteiger partial charge in [0.15, 0.2) is 5.96 Å². The highest BCUT2D eigenvalue weighted by Gasteiger charge is 2.34. The highest BCUT2D eigenvalue weighted by atomic mass is 127. The molecule has 0 aliphatic carbocycles. The summed E-state index contributed by atoms with van der Waals surface area (Å²) in [6.45, 7) is 11.3. The second-order valence-electron chi connectivity index (χ2n) is 9.37. The van der Waals surface area contributed by atoms with Crippen molar-refractivity contribution in [3.8, 4) is 0 Å². The SMILES string of the molecule is CN=C(NCC1CCN(CCc2ccccc2)C1)NC1CN(C(=O)OC(C)(C)C)C1.I. The molecule has 1 amide bonds. The van der Waals surface area contributed by atoms with Crippen molar-refractivity contribution in [1.29, 1.82) is 0 Å². The number of ether oxygens (including phenoxy) is 1. The summed E-state index contributed by atoms with van der Waals surface area (Å²) in [5.74, 6) is 1.45. The van der Waals surface area contributed by atoms with Crippen molar-refractivity contribution in [3.05, 3.63) is 35.9 Å². The van der Waals surface area contributed by atoms with Gasteiger partial charge in [-0.2, -0.15) is 0 Å². The van der Waals surface area contributed by atoms with E-state index in [-0.39, 0.29) is 36.1 Å². The van der Waals surface area contributed by atoms with Crippen LogP contribution in [0.3, 0.4) is 0 Å². The molecule has 1 aromatic carbocycles. The van der Waals surface area contributed by atoms with E-state index in [9.17, 15) is 4.79 Å². The number of amides is 1. The van der Waals surface area contributed by atoms with Gasteiger partial charge in [0, 0.05) is 39.8 Å². The van der Waals surface area contributed by atoms with Crippen LogP contribution in [0.25, 0.3) is 0 Å². The molecule has 7 nitrogen and oxygen atoms in total. The lowest BCUT2D eigenvalue weighted by atomic mass is 10.1. The molecule has 1 atom stereocenters. The molecule has 3 rings (SSSR count). The van der Waals surface area contributed by atoms with Gasteiger partial charge in [-0.25, -0.2) is 4.79 Å². The first kappa shape index (κ1) is 25.7. The summed E-state index contributed by atoms with van der Waals surface area (Å²) in [7, 11) is 1.79. The molecule has 2 aliphatic rings. The average molecular weight is 543 g/mol. The van der Waals surface area contributed by atoms with Crippen LogP contribution in [-0.4, -0.2) is 79.8 Å². The lowest BCUT2D eigenvalue weighted by Gasteiger charge is -2.40.